The number of aromatic nitrogens is 1. The van der Waals surface area contributed by atoms with Gasteiger partial charge in [0.05, 0.1) is 16.1 Å². The second-order valence-electron chi connectivity index (χ2n) is 7.49. The van der Waals surface area contributed by atoms with Crippen LogP contribution in [-0.4, -0.2) is 27.6 Å². The molecule has 0 aliphatic heterocycles. The lowest BCUT2D eigenvalue weighted by atomic mass is 9.98. The molecule has 1 unspecified atom stereocenters. The maximum atomic E-state index is 12.6. The third-order valence-electron chi connectivity index (χ3n) is 5.21. The van der Waals surface area contributed by atoms with Crippen molar-refractivity contribution >= 4 is 23.5 Å². The van der Waals surface area contributed by atoms with Gasteiger partial charge in [-0.2, -0.15) is 0 Å². The number of nitrogens with zero attached hydrogens (tertiary/aromatic N) is 1. The van der Waals surface area contributed by atoms with Crippen LogP contribution in [0, 0.1) is 13.8 Å². The van der Waals surface area contributed by atoms with E-state index in [1.807, 2.05) is 13.0 Å². The molecular weight excluding hydrogens is 416 g/mol. The van der Waals surface area contributed by atoms with Gasteiger partial charge >= 0.3 is 5.97 Å². The molecule has 2 aromatic carbocycles. The number of halogens is 1. The minimum Gasteiger partial charge on any atom is -0.480 e. The van der Waals surface area contributed by atoms with Crippen LogP contribution in [0.25, 0.3) is 11.1 Å². The van der Waals surface area contributed by atoms with Crippen LogP contribution >= 0.6 is 11.6 Å². The van der Waals surface area contributed by atoms with E-state index in [4.69, 9.17) is 11.6 Å². The standard InChI is InChI=1S/C24H23ClN2O4/c1-14-5-4-6-18(25)21(14)22(28)26-19(24(30)31)13-16-7-9-17(10-8-16)20-15(2)11-12-27(3)23(20)29/h4-12,19H,13H2,1-3H3,(H,26,28)(H,30,31). The molecule has 1 heterocycles. The number of amides is 1. The first-order valence-corrected chi connectivity index (χ1v) is 10.1. The third-order valence-corrected chi connectivity index (χ3v) is 5.53. The van der Waals surface area contributed by atoms with E-state index < -0.39 is 17.9 Å². The van der Waals surface area contributed by atoms with Crippen LogP contribution in [0.1, 0.15) is 27.0 Å². The molecule has 1 atom stereocenters. The highest BCUT2D eigenvalue weighted by Gasteiger charge is 2.23. The van der Waals surface area contributed by atoms with Gasteiger partial charge in [0, 0.05) is 19.7 Å². The van der Waals surface area contributed by atoms with Crippen molar-refractivity contribution in [2.45, 2.75) is 26.3 Å². The highest BCUT2D eigenvalue weighted by Crippen LogP contribution is 2.22. The number of carbonyl (C=O) groups excluding carboxylic acids is 1. The first-order valence-electron chi connectivity index (χ1n) is 9.73. The average Bonchev–Trinajstić information content (AvgIpc) is 2.71. The molecule has 0 fully saturated rings. The monoisotopic (exact) mass is 438 g/mol. The fourth-order valence-corrected chi connectivity index (χ4v) is 3.77. The molecule has 31 heavy (non-hydrogen) atoms. The van der Waals surface area contributed by atoms with E-state index in [-0.39, 0.29) is 22.6 Å². The number of pyridine rings is 1. The van der Waals surface area contributed by atoms with E-state index in [0.29, 0.717) is 11.1 Å². The molecule has 0 aliphatic rings. The lowest BCUT2D eigenvalue weighted by molar-refractivity contribution is -0.139. The van der Waals surface area contributed by atoms with Gasteiger partial charge in [0.1, 0.15) is 6.04 Å². The van der Waals surface area contributed by atoms with Crippen molar-refractivity contribution in [2.24, 2.45) is 7.05 Å². The Kier molecular flexibility index (Phi) is 6.61. The molecule has 0 saturated carbocycles. The van der Waals surface area contributed by atoms with Crippen molar-refractivity contribution in [3.8, 4) is 11.1 Å². The second-order valence-corrected chi connectivity index (χ2v) is 7.89. The molecule has 7 heteroatoms. The number of rotatable bonds is 6. The van der Waals surface area contributed by atoms with Crippen LogP contribution in [0.5, 0.6) is 0 Å². The van der Waals surface area contributed by atoms with E-state index in [9.17, 15) is 19.5 Å². The maximum absolute atomic E-state index is 12.6. The molecular formula is C24H23ClN2O4. The molecule has 0 radical (unpaired) electrons. The molecule has 0 aliphatic carbocycles. The Balaban J connectivity index is 1.82. The lowest BCUT2D eigenvalue weighted by Gasteiger charge is -2.16. The second kappa shape index (κ2) is 9.18. The Morgan fingerprint density at radius 2 is 1.74 bits per heavy atom. The molecule has 1 amide bonds. The Hall–Kier alpha value is -3.38. The lowest BCUT2D eigenvalue weighted by Crippen LogP contribution is -2.42. The normalized spacial score (nSPS) is 11.7. The Bertz CT molecular complexity index is 1180. The maximum Gasteiger partial charge on any atom is 0.326 e. The van der Waals surface area contributed by atoms with Crippen LogP contribution in [0.4, 0.5) is 0 Å². The highest BCUT2D eigenvalue weighted by atomic mass is 35.5. The van der Waals surface area contributed by atoms with Gasteiger partial charge in [-0.1, -0.05) is 48.0 Å². The number of nitrogens with one attached hydrogen (secondary N) is 1. The Morgan fingerprint density at radius 1 is 1.06 bits per heavy atom. The van der Waals surface area contributed by atoms with Crippen LogP contribution in [-0.2, 0) is 18.3 Å². The quantitative estimate of drug-likeness (QED) is 0.613. The van der Waals surface area contributed by atoms with Crippen molar-refractivity contribution in [2.75, 3.05) is 0 Å². The summed E-state index contributed by atoms with van der Waals surface area (Å²) in [7, 11) is 1.69. The summed E-state index contributed by atoms with van der Waals surface area (Å²) in [4.78, 5) is 36.9. The number of benzene rings is 2. The van der Waals surface area contributed by atoms with Gasteiger partial charge in [-0.3, -0.25) is 9.59 Å². The summed E-state index contributed by atoms with van der Waals surface area (Å²) >= 11 is 6.12. The molecule has 1 aromatic heterocycles. The zero-order chi connectivity index (χ0) is 22.7. The van der Waals surface area contributed by atoms with Gasteiger partial charge in [0.15, 0.2) is 0 Å². The molecule has 6 nitrogen and oxygen atoms in total. The summed E-state index contributed by atoms with van der Waals surface area (Å²) in [5.74, 6) is -1.68. The fraction of sp³-hybridized carbons (Fsp3) is 0.208. The van der Waals surface area contributed by atoms with E-state index in [1.165, 1.54) is 4.57 Å². The fourth-order valence-electron chi connectivity index (χ4n) is 3.46. The summed E-state index contributed by atoms with van der Waals surface area (Å²) in [5, 5.41) is 12.4. The van der Waals surface area contributed by atoms with Gasteiger partial charge in [0.25, 0.3) is 11.5 Å². The first kappa shape index (κ1) is 22.3. The van der Waals surface area contributed by atoms with Gasteiger partial charge < -0.3 is 15.0 Å². The van der Waals surface area contributed by atoms with Crippen molar-refractivity contribution in [1.82, 2.24) is 9.88 Å². The van der Waals surface area contributed by atoms with Gasteiger partial charge in [0.2, 0.25) is 0 Å². The summed E-state index contributed by atoms with van der Waals surface area (Å²) in [6, 6.07) is 12.9. The molecule has 0 bridgehead atoms. The van der Waals surface area contributed by atoms with Gasteiger partial charge in [-0.15, -0.1) is 0 Å². The van der Waals surface area contributed by atoms with Crippen LogP contribution in [0.2, 0.25) is 5.02 Å². The van der Waals surface area contributed by atoms with Gasteiger partial charge in [-0.25, -0.2) is 4.79 Å². The summed E-state index contributed by atoms with van der Waals surface area (Å²) in [6.45, 7) is 3.61. The van der Waals surface area contributed by atoms with E-state index in [1.54, 1.807) is 62.6 Å². The highest BCUT2D eigenvalue weighted by molar-refractivity contribution is 6.34. The number of aryl methyl sites for hydroxylation is 3. The molecule has 160 valence electrons. The molecule has 3 aromatic rings. The Labute approximate surface area is 185 Å². The predicted molar refractivity (Wildman–Crippen MR) is 121 cm³/mol. The molecule has 3 rings (SSSR count). The number of aliphatic carboxylic acids is 1. The van der Waals surface area contributed by atoms with Crippen LogP contribution in [0.3, 0.4) is 0 Å². The SMILES string of the molecule is Cc1cccc(Cl)c1C(=O)NC(Cc1ccc(-c2c(C)ccn(C)c2=O)cc1)C(=O)O. The summed E-state index contributed by atoms with van der Waals surface area (Å²) in [5.41, 5.74) is 3.77. The zero-order valence-electron chi connectivity index (χ0n) is 17.5. The smallest absolute Gasteiger partial charge is 0.326 e. The topological polar surface area (TPSA) is 88.4 Å². The average molecular weight is 439 g/mol. The minimum atomic E-state index is -1.14. The predicted octanol–water partition coefficient (Wildman–Crippen LogP) is 3.75. The number of carbonyl (C=O) groups is 2. The number of carboxylic acid groups (broad SMARTS) is 1. The van der Waals surface area contributed by atoms with E-state index in [0.717, 1.165) is 16.7 Å². The van der Waals surface area contributed by atoms with E-state index in [2.05, 4.69) is 5.32 Å². The molecule has 0 spiro atoms. The molecule has 2 N–H and O–H groups in total. The third kappa shape index (κ3) is 4.86. The van der Waals surface area contributed by atoms with Crippen LogP contribution < -0.4 is 10.9 Å². The largest absolute Gasteiger partial charge is 0.480 e. The van der Waals surface area contributed by atoms with Crippen molar-refractivity contribution in [1.29, 1.82) is 0 Å². The van der Waals surface area contributed by atoms with Gasteiger partial charge in [-0.05, 0) is 48.2 Å². The minimum absolute atomic E-state index is 0.0939. The summed E-state index contributed by atoms with van der Waals surface area (Å²) in [6.07, 6.45) is 1.81. The first-order chi connectivity index (χ1) is 14.7. The Morgan fingerprint density at radius 3 is 2.35 bits per heavy atom. The number of carboxylic acids is 1. The van der Waals surface area contributed by atoms with Crippen molar-refractivity contribution < 1.29 is 14.7 Å². The van der Waals surface area contributed by atoms with E-state index >= 15 is 0 Å². The van der Waals surface area contributed by atoms with Crippen molar-refractivity contribution in [3.05, 3.63) is 92.4 Å². The molecule has 0 saturated heterocycles. The number of hydrogen-bond donors (Lipinski definition) is 2. The van der Waals surface area contributed by atoms with Crippen LogP contribution in [0.15, 0.2) is 59.5 Å². The van der Waals surface area contributed by atoms with Crippen molar-refractivity contribution in [3.63, 3.8) is 0 Å². The summed E-state index contributed by atoms with van der Waals surface area (Å²) < 4.78 is 1.52. The zero-order valence-corrected chi connectivity index (χ0v) is 18.2. The number of hydrogen-bond acceptors (Lipinski definition) is 3.